The second-order valence-corrected chi connectivity index (χ2v) is 9.64. The molecule has 1 atom stereocenters. The second kappa shape index (κ2) is 12.0. The van der Waals surface area contributed by atoms with Gasteiger partial charge in [-0.3, -0.25) is 9.55 Å². The van der Waals surface area contributed by atoms with Gasteiger partial charge in [0.15, 0.2) is 6.23 Å². The molecule has 1 aliphatic rings. The SMILES string of the molecule is CCOCCOC(c1cccc2cccnc12)n1c(NC2CCN(CCN)CC2)nc2c(C)cccc21. The van der Waals surface area contributed by atoms with Crippen molar-refractivity contribution in [1.82, 2.24) is 19.4 Å². The van der Waals surface area contributed by atoms with Gasteiger partial charge in [0.25, 0.3) is 0 Å². The number of likely N-dealkylation sites (tertiary alicyclic amines) is 1. The van der Waals surface area contributed by atoms with Gasteiger partial charge in [-0.25, -0.2) is 4.98 Å². The molecule has 1 unspecified atom stereocenters. The average Bonchev–Trinajstić information content (AvgIpc) is 3.29. The van der Waals surface area contributed by atoms with Crippen molar-refractivity contribution in [2.24, 2.45) is 5.73 Å². The lowest BCUT2D eigenvalue weighted by atomic mass is 10.1. The number of fused-ring (bicyclic) bond motifs is 2. The van der Waals surface area contributed by atoms with Crippen LogP contribution in [0.3, 0.4) is 0 Å². The zero-order chi connectivity index (χ0) is 25.6. The maximum atomic E-state index is 6.61. The van der Waals surface area contributed by atoms with E-state index in [9.17, 15) is 0 Å². The Morgan fingerprint density at radius 1 is 1.05 bits per heavy atom. The van der Waals surface area contributed by atoms with E-state index in [1.54, 1.807) is 0 Å². The first kappa shape index (κ1) is 25.6. The average molecular weight is 503 g/mol. The van der Waals surface area contributed by atoms with E-state index in [0.717, 1.165) is 71.5 Å². The number of pyridine rings is 1. The standard InChI is InChI=1S/C29H38N6O2/c1-3-36-19-20-37-28(24-10-5-8-22-9-6-15-31-27(22)24)35-25-11-4-7-21(2)26(25)33-29(35)32-23-12-16-34(17-13-23)18-14-30/h4-11,15,23,28H,3,12-14,16-20,30H2,1-2H3,(H,32,33). The van der Waals surface area contributed by atoms with E-state index < -0.39 is 6.23 Å². The van der Waals surface area contributed by atoms with Gasteiger partial charge in [0.2, 0.25) is 5.95 Å². The normalized spacial score (nSPS) is 16.0. The summed E-state index contributed by atoms with van der Waals surface area (Å²) in [5.41, 5.74) is 10.9. The number of imidazole rings is 1. The summed E-state index contributed by atoms with van der Waals surface area (Å²) >= 11 is 0. The molecule has 0 saturated carbocycles. The molecule has 1 fully saturated rings. The predicted molar refractivity (Wildman–Crippen MR) is 149 cm³/mol. The number of hydrogen-bond acceptors (Lipinski definition) is 7. The van der Waals surface area contributed by atoms with Crippen molar-refractivity contribution in [2.75, 3.05) is 51.3 Å². The Labute approximate surface area is 218 Å². The summed E-state index contributed by atoms with van der Waals surface area (Å²) in [5, 5.41) is 4.88. The van der Waals surface area contributed by atoms with Crippen LogP contribution in [0.15, 0.2) is 54.7 Å². The molecule has 1 aliphatic heterocycles. The minimum atomic E-state index is -0.411. The molecule has 8 heteroatoms. The van der Waals surface area contributed by atoms with E-state index in [1.807, 2.05) is 19.2 Å². The highest BCUT2D eigenvalue weighted by atomic mass is 16.5. The fraction of sp³-hybridized carbons (Fsp3) is 0.448. The molecule has 2 aromatic carbocycles. The molecule has 3 N–H and O–H groups in total. The van der Waals surface area contributed by atoms with Crippen LogP contribution in [0, 0.1) is 6.92 Å². The van der Waals surface area contributed by atoms with E-state index in [2.05, 4.69) is 64.2 Å². The number of nitrogens with zero attached hydrogens (tertiary/aromatic N) is 4. The minimum absolute atomic E-state index is 0.333. The van der Waals surface area contributed by atoms with E-state index >= 15 is 0 Å². The van der Waals surface area contributed by atoms with E-state index in [1.165, 1.54) is 0 Å². The van der Waals surface area contributed by atoms with Crippen LogP contribution >= 0.6 is 0 Å². The van der Waals surface area contributed by atoms with Gasteiger partial charge in [-0.2, -0.15) is 0 Å². The number of nitrogens with one attached hydrogen (secondary N) is 1. The van der Waals surface area contributed by atoms with Crippen molar-refractivity contribution in [3.63, 3.8) is 0 Å². The molecule has 0 amide bonds. The smallest absolute Gasteiger partial charge is 0.206 e. The van der Waals surface area contributed by atoms with Crippen molar-refractivity contribution in [1.29, 1.82) is 0 Å². The van der Waals surface area contributed by atoms with Gasteiger partial charge >= 0.3 is 0 Å². The Morgan fingerprint density at radius 3 is 2.68 bits per heavy atom. The summed E-state index contributed by atoms with van der Waals surface area (Å²) in [6.07, 6.45) is 3.53. The first-order valence-corrected chi connectivity index (χ1v) is 13.4. The molecule has 2 aromatic heterocycles. The van der Waals surface area contributed by atoms with E-state index in [-0.39, 0.29) is 0 Å². The first-order valence-electron chi connectivity index (χ1n) is 13.4. The van der Waals surface area contributed by atoms with Crippen molar-refractivity contribution in [3.05, 3.63) is 65.9 Å². The molecule has 0 spiro atoms. The maximum absolute atomic E-state index is 6.61. The number of aryl methyl sites for hydroxylation is 1. The predicted octanol–water partition coefficient (Wildman–Crippen LogP) is 4.33. The Morgan fingerprint density at radius 2 is 1.86 bits per heavy atom. The second-order valence-electron chi connectivity index (χ2n) is 9.64. The number of rotatable bonds is 11. The molecule has 37 heavy (non-hydrogen) atoms. The van der Waals surface area contributed by atoms with Crippen molar-refractivity contribution in [2.45, 2.75) is 39.0 Å². The summed E-state index contributed by atoms with van der Waals surface area (Å²) in [4.78, 5) is 12.3. The first-order chi connectivity index (χ1) is 18.2. The maximum Gasteiger partial charge on any atom is 0.206 e. The lowest BCUT2D eigenvalue weighted by molar-refractivity contribution is -0.00389. The van der Waals surface area contributed by atoms with Crippen molar-refractivity contribution in [3.8, 4) is 0 Å². The van der Waals surface area contributed by atoms with Gasteiger partial charge in [-0.15, -0.1) is 0 Å². The van der Waals surface area contributed by atoms with Crippen molar-refractivity contribution < 1.29 is 9.47 Å². The molecule has 0 bridgehead atoms. The summed E-state index contributed by atoms with van der Waals surface area (Å²) in [6, 6.07) is 17.0. The molecule has 196 valence electrons. The lowest BCUT2D eigenvalue weighted by Crippen LogP contribution is -2.41. The fourth-order valence-electron chi connectivity index (χ4n) is 5.26. The van der Waals surface area contributed by atoms with Crippen LogP contribution in [0.2, 0.25) is 0 Å². The van der Waals surface area contributed by atoms with Gasteiger partial charge in [-0.05, 0) is 44.4 Å². The van der Waals surface area contributed by atoms with Gasteiger partial charge in [0.05, 0.1) is 29.8 Å². The molecule has 3 heterocycles. The molecule has 1 saturated heterocycles. The molecule has 5 rings (SSSR count). The quantitative estimate of drug-likeness (QED) is 0.295. The topological polar surface area (TPSA) is 90.5 Å². The van der Waals surface area contributed by atoms with Gasteiger partial charge in [0, 0.05) is 56.0 Å². The Balaban J connectivity index is 1.57. The molecule has 0 radical (unpaired) electrons. The largest absolute Gasteiger partial charge is 0.379 e. The summed E-state index contributed by atoms with van der Waals surface area (Å²) < 4.78 is 14.4. The zero-order valence-corrected chi connectivity index (χ0v) is 21.9. The van der Waals surface area contributed by atoms with Gasteiger partial charge in [0.1, 0.15) is 0 Å². The highest BCUT2D eigenvalue weighted by molar-refractivity contribution is 5.84. The Hall–Kier alpha value is -3.04. The number of aromatic nitrogens is 3. The fourth-order valence-corrected chi connectivity index (χ4v) is 5.26. The van der Waals surface area contributed by atoms with Crippen LogP contribution < -0.4 is 11.1 Å². The third-order valence-corrected chi connectivity index (χ3v) is 7.16. The Bertz CT molecular complexity index is 1310. The minimum Gasteiger partial charge on any atom is -0.379 e. The van der Waals surface area contributed by atoms with Crippen LogP contribution in [0.4, 0.5) is 5.95 Å². The summed E-state index contributed by atoms with van der Waals surface area (Å²) in [6.45, 7) is 9.49. The summed E-state index contributed by atoms with van der Waals surface area (Å²) in [5.74, 6) is 0.830. The number of para-hydroxylation sites is 2. The van der Waals surface area contributed by atoms with E-state index in [4.69, 9.17) is 25.2 Å². The molecule has 0 aliphatic carbocycles. The Kier molecular flexibility index (Phi) is 8.31. The third kappa shape index (κ3) is 5.62. The highest BCUT2D eigenvalue weighted by Gasteiger charge is 2.27. The number of hydrogen-bond donors (Lipinski definition) is 2. The third-order valence-electron chi connectivity index (χ3n) is 7.16. The van der Waals surface area contributed by atoms with Gasteiger partial charge in [-0.1, -0.05) is 36.4 Å². The highest BCUT2D eigenvalue weighted by Crippen LogP contribution is 2.34. The van der Waals surface area contributed by atoms with Crippen LogP contribution in [0.1, 0.15) is 37.1 Å². The van der Waals surface area contributed by atoms with Crippen LogP contribution in [0.25, 0.3) is 21.9 Å². The zero-order valence-electron chi connectivity index (χ0n) is 21.9. The lowest BCUT2D eigenvalue weighted by Gasteiger charge is -2.33. The number of benzene rings is 2. The summed E-state index contributed by atoms with van der Waals surface area (Å²) in [7, 11) is 0. The number of piperidine rings is 1. The molecular formula is C29H38N6O2. The monoisotopic (exact) mass is 502 g/mol. The van der Waals surface area contributed by atoms with Crippen molar-refractivity contribution >= 4 is 27.9 Å². The number of nitrogens with two attached hydrogens (primary N) is 1. The molecule has 8 nitrogen and oxygen atoms in total. The number of anilines is 1. The van der Waals surface area contributed by atoms with E-state index in [0.29, 0.717) is 32.4 Å². The van der Waals surface area contributed by atoms with Crippen LogP contribution in [0.5, 0.6) is 0 Å². The molecule has 4 aromatic rings. The van der Waals surface area contributed by atoms with Gasteiger partial charge < -0.3 is 25.4 Å². The number of ether oxygens (including phenoxy) is 2. The molecular weight excluding hydrogens is 464 g/mol. The van der Waals surface area contributed by atoms with Crippen LogP contribution in [-0.4, -0.2) is 71.5 Å². The van der Waals surface area contributed by atoms with Crippen LogP contribution in [-0.2, 0) is 9.47 Å².